The number of rotatable bonds is 3. The molecule has 0 saturated heterocycles. The molecule has 4 rings (SSSR count). The summed E-state index contributed by atoms with van der Waals surface area (Å²) < 4.78 is 0. The number of benzene rings is 2. The highest BCUT2D eigenvalue weighted by atomic mass is 35.5. The highest BCUT2D eigenvalue weighted by Crippen LogP contribution is 2.33. The van der Waals surface area contributed by atoms with Crippen LogP contribution < -0.4 is 16.4 Å². The highest BCUT2D eigenvalue weighted by Gasteiger charge is 2.37. The fourth-order valence-corrected chi connectivity index (χ4v) is 3.98. The smallest absolute Gasteiger partial charge is 0.149 e. The number of hydrogen-bond acceptors (Lipinski definition) is 4. The van der Waals surface area contributed by atoms with Gasteiger partial charge < -0.3 is 16.4 Å². The minimum absolute atomic E-state index is 0.447. The third kappa shape index (κ3) is 3.71. The van der Waals surface area contributed by atoms with Gasteiger partial charge in [0.2, 0.25) is 0 Å². The molecule has 1 atom stereocenters. The molecular formula is C21H25ClN4. The number of fused-ring (bicyclic) bond motifs is 1. The van der Waals surface area contributed by atoms with Gasteiger partial charge in [-0.2, -0.15) is 0 Å². The van der Waals surface area contributed by atoms with Gasteiger partial charge in [-0.25, -0.2) is 4.99 Å². The Morgan fingerprint density at radius 1 is 1.08 bits per heavy atom. The van der Waals surface area contributed by atoms with Gasteiger partial charge in [0.1, 0.15) is 11.5 Å². The van der Waals surface area contributed by atoms with Crippen LogP contribution in [-0.4, -0.2) is 17.5 Å². The summed E-state index contributed by atoms with van der Waals surface area (Å²) in [7, 11) is 0. The largest absolute Gasteiger partial charge is 0.368 e. The second kappa shape index (κ2) is 7.29. The zero-order valence-corrected chi connectivity index (χ0v) is 15.6. The fraction of sp³-hybridized carbons (Fsp3) is 0.381. The van der Waals surface area contributed by atoms with E-state index in [0.29, 0.717) is 12.5 Å². The average Bonchev–Trinajstić information content (AvgIpc) is 2.65. The Balaban J connectivity index is 1.64. The first-order valence-electron chi connectivity index (χ1n) is 9.39. The van der Waals surface area contributed by atoms with E-state index in [9.17, 15) is 0 Å². The van der Waals surface area contributed by atoms with Gasteiger partial charge in [-0.1, -0.05) is 55.1 Å². The fourth-order valence-electron chi connectivity index (χ4n) is 3.85. The molecule has 1 unspecified atom stereocenters. The third-order valence-corrected chi connectivity index (χ3v) is 5.51. The van der Waals surface area contributed by atoms with Crippen molar-refractivity contribution in [1.82, 2.24) is 5.32 Å². The van der Waals surface area contributed by atoms with Crippen LogP contribution in [0.3, 0.4) is 0 Å². The molecule has 0 aromatic heterocycles. The third-order valence-electron chi connectivity index (χ3n) is 5.26. The van der Waals surface area contributed by atoms with E-state index in [4.69, 9.17) is 22.3 Å². The Kier molecular flexibility index (Phi) is 4.88. The lowest BCUT2D eigenvalue weighted by Gasteiger charge is -2.39. The monoisotopic (exact) mass is 368 g/mol. The minimum Gasteiger partial charge on any atom is -0.368 e. The van der Waals surface area contributed by atoms with Crippen molar-refractivity contribution in [2.45, 2.75) is 50.2 Å². The number of aliphatic imine (C=N–C) groups is 1. The van der Waals surface area contributed by atoms with Gasteiger partial charge in [-0.05, 0) is 42.7 Å². The van der Waals surface area contributed by atoms with Crippen LogP contribution in [0.2, 0.25) is 5.02 Å². The van der Waals surface area contributed by atoms with E-state index >= 15 is 0 Å². The van der Waals surface area contributed by atoms with Crippen LogP contribution in [0.5, 0.6) is 0 Å². The summed E-state index contributed by atoms with van der Waals surface area (Å²) >= 11 is 6.03. The summed E-state index contributed by atoms with van der Waals surface area (Å²) in [6.45, 7) is 0. The van der Waals surface area contributed by atoms with E-state index in [-0.39, 0.29) is 0 Å². The van der Waals surface area contributed by atoms with Gasteiger partial charge in [0.15, 0.2) is 0 Å². The molecule has 5 heteroatoms. The zero-order chi connectivity index (χ0) is 18.0. The van der Waals surface area contributed by atoms with Crippen molar-refractivity contribution in [2.24, 2.45) is 10.7 Å². The van der Waals surface area contributed by atoms with Crippen LogP contribution in [-0.2, 0) is 6.42 Å². The van der Waals surface area contributed by atoms with Crippen molar-refractivity contribution in [3.05, 3.63) is 59.1 Å². The molecule has 1 heterocycles. The lowest BCUT2D eigenvalue weighted by Crippen LogP contribution is -2.63. The first kappa shape index (κ1) is 17.4. The van der Waals surface area contributed by atoms with E-state index in [0.717, 1.165) is 27.8 Å². The molecular weight excluding hydrogens is 344 g/mol. The number of anilines is 1. The maximum Gasteiger partial charge on any atom is 0.149 e. The Labute approximate surface area is 159 Å². The quantitative estimate of drug-likeness (QED) is 0.741. The first-order valence-corrected chi connectivity index (χ1v) is 9.76. The number of nitrogens with one attached hydrogen (secondary N) is 2. The van der Waals surface area contributed by atoms with E-state index in [1.54, 1.807) is 0 Å². The van der Waals surface area contributed by atoms with E-state index in [1.807, 2.05) is 48.5 Å². The Hall–Kier alpha value is -2.04. The first-order chi connectivity index (χ1) is 12.6. The predicted octanol–water partition coefficient (Wildman–Crippen LogP) is 4.62. The average molecular weight is 369 g/mol. The maximum absolute atomic E-state index is 6.87. The van der Waals surface area contributed by atoms with Crippen molar-refractivity contribution in [2.75, 3.05) is 5.32 Å². The minimum atomic E-state index is -0.764. The van der Waals surface area contributed by atoms with Gasteiger partial charge in [0.05, 0.1) is 11.4 Å². The Bertz CT molecular complexity index is 796. The number of halogens is 1. The van der Waals surface area contributed by atoms with Crippen LogP contribution in [0.4, 0.5) is 11.4 Å². The van der Waals surface area contributed by atoms with E-state index in [2.05, 4.69) is 10.6 Å². The molecule has 26 heavy (non-hydrogen) atoms. The van der Waals surface area contributed by atoms with Gasteiger partial charge in [0.25, 0.3) is 0 Å². The molecule has 0 bridgehead atoms. The van der Waals surface area contributed by atoms with Gasteiger partial charge >= 0.3 is 0 Å². The van der Waals surface area contributed by atoms with E-state index in [1.165, 1.54) is 32.1 Å². The Morgan fingerprint density at radius 3 is 2.58 bits per heavy atom. The van der Waals surface area contributed by atoms with Gasteiger partial charge in [-0.15, -0.1) is 0 Å². The molecule has 2 aromatic rings. The zero-order valence-electron chi connectivity index (χ0n) is 14.8. The van der Waals surface area contributed by atoms with Crippen molar-refractivity contribution >= 4 is 28.8 Å². The molecule has 2 aromatic carbocycles. The van der Waals surface area contributed by atoms with Gasteiger partial charge in [-0.3, -0.25) is 0 Å². The molecule has 0 amide bonds. The number of amidine groups is 1. The number of para-hydroxylation sites is 2. The normalized spacial score (nSPS) is 22.9. The lowest BCUT2D eigenvalue weighted by molar-refractivity contribution is 0.405. The van der Waals surface area contributed by atoms with Crippen molar-refractivity contribution < 1.29 is 0 Å². The highest BCUT2D eigenvalue weighted by molar-refractivity contribution is 6.30. The number of nitrogens with two attached hydrogens (primary N) is 1. The summed E-state index contributed by atoms with van der Waals surface area (Å²) in [6.07, 6.45) is 6.85. The van der Waals surface area contributed by atoms with E-state index < -0.39 is 5.66 Å². The van der Waals surface area contributed by atoms with Crippen molar-refractivity contribution in [3.8, 4) is 0 Å². The summed E-state index contributed by atoms with van der Waals surface area (Å²) in [5.74, 6) is 0.832. The summed E-state index contributed by atoms with van der Waals surface area (Å²) in [4.78, 5) is 4.90. The summed E-state index contributed by atoms with van der Waals surface area (Å²) in [5, 5.41) is 7.92. The van der Waals surface area contributed by atoms with Crippen LogP contribution in [0.25, 0.3) is 0 Å². The molecule has 136 valence electrons. The molecule has 1 fully saturated rings. The lowest BCUT2D eigenvalue weighted by atomic mass is 9.92. The number of nitrogens with zero attached hydrogens (tertiary/aromatic N) is 1. The molecule has 1 saturated carbocycles. The van der Waals surface area contributed by atoms with Crippen LogP contribution in [0.1, 0.15) is 37.7 Å². The topological polar surface area (TPSA) is 62.4 Å². The van der Waals surface area contributed by atoms with Crippen LogP contribution in [0, 0.1) is 0 Å². The molecule has 2 aliphatic rings. The van der Waals surface area contributed by atoms with Crippen molar-refractivity contribution in [1.29, 1.82) is 0 Å². The van der Waals surface area contributed by atoms with Crippen LogP contribution in [0.15, 0.2) is 53.5 Å². The second-order valence-corrected chi connectivity index (χ2v) is 7.79. The SMILES string of the molecule is NC1(Cc2ccc(Cl)cc2)Nc2ccccc2N=C1NC1CCCCC1. The number of hydrogen-bond donors (Lipinski definition) is 3. The van der Waals surface area contributed by atoms with Crippen LogP contribution >= 0.6 is 11.6 Å². The predicted molar refractivity (Wildman–Crippen MR) is 109 cm³/mol. The Morgan fingerprint density at radius 2 is 1.81 bits per heavy atom. The summed E-state index contributed by atoms with van der Waals surface area (Å²) in [6, 6.07) is 16.4. The second-order valence-electron chi connectivity index (χ2n) is 7.36. The molecule has 0 spiro atoms. The molecule has 4 nitrogen and oxygen atoms in total. The molecule has 1 aliphatic carbocycles. The van der Waals surface area contributed by atoms with Crippen molar-refractivity contribution in [3.63, 3.8) is 0 Å². The molecule has 1 aliphatic heterocycles. The summed E-state index contributed by atoms with van der Waals surface area (Å²) in [5.41, 5.74) is 9.13. The van der Waals surface area contributed by atoms with Gasteiger partial charge in [0, 0.05) is 17.5 Å². The molecule has 0 radical (unpaired) electrons. The molecule has 4 N–H and O–H groups in total. The standard InChI is InChI=1S/C21H25ClN4/c22-16-12-10-15(11-13-16)14-21(23)20(24-17-6-2-1-3-7-17)25-18-8-4-5-9-19(18)26-21/h4-5,8-13,17,26H,1-3,6-7,14,23H2,(H,24,25). The maximum atomic E-state index is 6.87.